The van der Waals surface area contributed by atoms with Crippen LogP contribution in [-0.4, -0.2) is 62.6 Å². The van der Waals surface area contributed by atoms with Gasteiger partial charge in [-0.1, -0.05) is 41.9 Å². The van der Waals surface area contributed by atoms with E-state index in [9.17, 15) is 9.59 Å². The van der Waals surface area contributed by atoms with E-state index in [0.29, 0.717) is 72.9 Å². The molecule has 2 aromatic heterocycles. The summed E-state index contributed by atoms with van der Waals surface area (Å²) in [4.78, 5) is 35.2. The summed E-state index contributed by atoms with van der Waals surface area (Å²) in [6.07, 6.45) is 4.08. The Morgan fingerprint density at radius 3 is 2.23 bits per heavy atom. The first-order valence-electron chi connectivity index (χ1n) is 13.8. The van der Waals surface area contributed by atoms with E-state index in [4.69, 9.17) is 21.1 Å². The molecular formula is C31H32ClN5O3. The fraction of sp³-hybridized carbons (Fsp3) is 0.355. The Labute approximate surface area is 238 Å². The molecule has 0 aliphatic carbocycles. The maximum atomic E-state index is 14.0. The highest BCUT2D eigenvalue weighted by molar-refractivity contribution is 6.30. The lowest BCUT2D eigenvalue weighted by Gasteiger charge is -2.32. The molecule has 2 saturated heterocycles. The van der Waals surface area contributed by atoms with E-state index < -0.39 is 0 Å². The van der Waals surface area contributed by atoms with Crippen molar-refractivity contribution < 1.29 is 14.0 Å². The molecule has 4 aromatic rings. The van der Waals surface area contributed by atoms with Crippen LogP contribution in [0.2, 0.25) is 5.02 Å². The number of hydrogen-bond donors (Lipinski definition) is 0. The Kier molecular flexibility index (Phi) is 7.19. The predicted molar refractivity (Wildman–Crippen MR) is 152 cm³/mol. The molecule has 0 saturated carbocycles. The molecule has 2 fully saturated rings. The molecule has 40 heavy (non-hydrogen) atoms. The number of amides is 2. The molecular weight excluding hydrogens is 526 g/mol. The number of aryl methyl sites for hydroxylation is 2. The van der Waals surface area contributed by atoms with E-state index >= 15 is 0 Å². The number of rotatable bonds is 5. The number of carbonyl (C=O) groups is 2. The molecule has 8 nitrogen and oxygen atoms in total. The summed E-state index contributed by atoms with van der Waals surface area (Å²) in [5.41, 5.74) is 4.03. The third-order valence-corrected chi connectivity index (χ3v) is 8.38. The van der Waals surface area contributed by atoms with E-state index in [-0.39, 0.29) is 17.7 Å². The number of halogens is 1. The molecule has 2 aromatic carbocycles. The zero-order valence-electron chi connectivity index (χ0n) is 22.7. The first-order chi connectivity index (χ1) is 19.4. The molecule has 0 bridgehead atoms. The number of piperidine rings is 1. The lowest BCUT2D eigenvalue weighted by molar-refractivity contribution is 0.0700. The van der Waals surface area contributed by atoms with Gasteiger partial charge in [-0.05, 0) is 56.0 Å². The number of nitrogens with zero attached hydrogens (tertiary/aromatic N) is 5. The second-order valence-electron chi connectivity index (χ2n) is 10.7. The Morgan fingerprint density at radius 2 is 1.55 bits per heavy atom. The van der Waals surface area contributed by atoms with E-state index in [1.165, 1.54) is 5.56 Å². The van der Waals surface area contributed by atoms with Gasteiger partial charge in [0.05, 0.1) is 23.1 Å². The fourth-order valence-electron chi connectivity index (χ4n) is 6.05. The maximum absolute atomic E-state index is 14.0. The molecule has 4 heterocycles. The minimum absolute atomic E-state index is 0.0147. The summed E-state index contributed by atoms with van der Waals surface area (Å²) in [6.45, 7) is 6.05. The van der Waals surface area contributed by atoms with Gasteiger partial charge in [0.15, 0.2) is 11.6 Å². The summed E-state index contributed by atoms with van der Waals surface area (Å²) in [5.74, 6) is 1.33. The normalized spacial score (nSPS) is 17.9. The minimum Gasteiger partial charge on any atom is -0.445 e. The molecule has 9 heteroatoms. The van der Waals surface area contributed by atoms with E-state index in [1.807, 2.05) is 44.8 Å². The Bertz CT molecular complexity index is 1520. The molecule has 2 aliphatic heterocycles. The van der Waals surface area contributed by atoms with E-state index in [1.54, 1.807) is 20.0 Å². The smallest absolute Gasteiger partial charge is 0.276 e. The number of aromatic nitrogens is 3. The zero-order chi connectivity index (χ0) is 27.8. The Balaban J connectivity index is 1.26. The summed E-state index contributed by atoms with van der Waals surface area (Å²) in [7, 11) is 0. The maximum Gasteiger partial charge on any atom is 0.276 e. The minimum atomic E-state index is -0.112. The number of hydrogen-bond acceptors (Lipinski definition) is 5. The van der Waals surface area contributed by atoms with Crippen molar-refractivity contribution in [2.75, 3.05) is 26.2 Å². The lowest BCUT2D eigenvalue weighted by Crippen LogP contribution is -2.39. The van der Waals surface area contributed by atoms with Gasteiger partial charge in [0.1, 0.15) is 5.76 Å². The number of benzene rings is 2. The third kappa shape index (κ3) is 5.04. The second kappa shape index (κ2) is 10.9. The SMILES string of the molecule is Cc1nc(C(=O)N2CCC(c3c(C(=O)N4CC[C@H](c5ccccc5)C4)cnn3-c3ccc(Cl)cc3)CC2)c(C)o1. The highest BCUT2D eigenvalue weighted by Crippen LogP contribution is 2.35. The average Bonchev–Trinajstić information content (AvgIpc) is 3.72. The average molecular weight is 558 g/mol. The number of likely N-dealkylation sites (tertiary alicyclic amines) is 2. The number of carbonyl (C=O) groups excluding carboxylic acids is 2. The van der Waals surface area contributed by atoms with Crippen molar-refractivity contribution in [3.8, 4) is 5.69 Å². The molecule has 0 unspecified atom stereocenters. The van der Waals surface area contributed by atoms with Crippen LogP contribution in [0.25, 0.3) is 5.69 Å². The molecule has 206 valence electrons. The molecule has 1 atom stereocenters. The largest absolute Gasteiger partial charge is 0.445 e. The zero-order valence-corrected chi connectivity index (χ0v) is 23.5. The summed E-state index contributed by atoms with van der Waals surface area (Å²) >= 11 is 6.16. The van der Waals surface area contributed by atoms with Crippen LogP contribution in [0.5, 0.6) is 0 Å². The quantitative estimate of drug-likeness (QED) is 0.310. The van der Waals surface area contributed by atoms with Crippen molar-refractivity contribution in [2.45, 2.75) is 44.9 Å². The number of oxazole rings is 1. The molecule has 0 spiro atoms. The van der Waals surface area contributed by atoms with Crippen LogP contribution in [-0.2, 0) is 0 Å². The summed E-state index contributed by atoms with van der Waals surface area (Å²) in [5, 5.41) is 5.34. The first kappa shape index (κ1) is 26.3. The highest BCUT2D eigenvalue weighted by atomic mass is 35.5. The Morgan fingerprint density at radius 1 is 0.875 bits per heavy atom. The van der Waals surface area contributed by atoms with Crippen LogP contribution in [0.15, 0.2) is 65.2 Å². The molecule has 6 rings (SSSR count). The van der Waals surface area contributed by atoms with Crippen LogP contribution in [0.1, 0.15) is 74.9 Å². The van der Waals surface area contributed by atoms with Crippen LogP contribution in [0.3, 0.4) is 0 Å². The van der Waals surface area contributed by atoms with Crippen molar-refractivity contribution in [3.63, 3.8) is 0 Å². The molecule has 2 amide bonds. The standard InChI is InChI=1S/C31H32ClN5O3/c1-20-28(34-21(2)40-20)31(39)35-15-12-23(13-16-35)29-27(18-33-37(29)26-10-8-25(32)9-11-26)30(38)36-17-14-24(19-36)22-6-4-3-5-7-22/h3-11,18,23-24H,12-17,19H2,1-2H3/t24-/m0/s1. The van der Waals surface area contributed by atoms with Gasteiger partial charge in [-0.15, -0.1) is 0 Å². The topological polar surface area (TPSA) is 84.5 Å². The van der Waals surface area contributed by atoms with Gasteiger partial charge in [-0.3, -0.25) is 9.59 Å². The van der Waals surface area contributed by atoms with Crippen molar-refractivity contribution >= 4 is 23.4 Å². The van der Waals surface area contributed by atoms with Gasteiger partial charge >= 0.3 is 0 Å². The monoisotopic (exact) mass is 557 g/mol. The van der Waals surface area contributed by atoms with E-state index in [2.05, 4.69) is 29.2 Å². The fourth-order valence-corrected chi connectivity index (χ4v) is 6.18. The third-order valence-electron chi connectivity index (χ3n) is 8.13. The molecule has 2 aliphatic rings. The van der Waals surface area contributed by atoms with E-state index in [0.717, 1.165) is 17.8 Å². The van der Waals surface area contributed by atoms with Crippen LogP contribution >= 0.6 is 11.6 Å². The van der Waals surface area contributed by atoms with Crippen molar-refractivity contribution in [1.29, 1.82) is 0 Å². The van der Waals surface area contributed by atoms with Gasteiger partial charge in [0.2, 0.25) is 0 Å². The van der Waals surface area contributed by atoms with Gasteiger partial charge < -0.3 is 14.2 Å². The summed E-state index contributed by atoms with van der Waals surface area (Å²) < 4.78 is 7.36. The van der Waals surface area contributed by atoms with Crippen molar-refractivity contribution in [1.82, 2.24) is 24.6 Å². The van der Waals surface area contributed by atoms with Crippen molar-refractivity contribution in [3.05, 3.63) is 100.0 Å². The van der Waals surface area contributed by atoms with Crippen LogP contribution in [0, 0.1) is 13.8 Å². The van der Waals surface area contributed by atoms with Gasteiger partial charge in [-0.2, -0.15) is 5.10 Å². The predicted octanol–water partition coefficient (Wildman–Crippen LogP) is 5.78. The lowest BCUT2D eigenvalue weighted by atomic mass is 9.90. The van der Waals surface area contributed by atoms with Gasteiger partial charge in [-0.25, -0.2) is 9.67 Å². The second-order valence-corrected chi connectivity index (χ2v) is 11.1. The Hall–Kier alpha value is -3.91. The summed E-state index contributed by atoms with van der Waals surface area (Å²) in [6, 6.07) is 17.9. The highest BCUT2D eigenvalue weighted by Gasteiger charge is 2.35. The van der Waals surface area contributed by atoms with Crippen LogP contribution < -0.4 is 0 Å². The van der Waals surface area contributed by atoms with Gasteiger partial charge in [0.25, 0.3) is 11.8 Å². The molecule has 0 radical (unpaired) electrons. The first-order valence-corrected chi connectivity index (χ1v) is 14.2. The van der Waals surface area contributed by atoms with Crippen molar-refractivity contribution in [2.24, 2.45) is 0 Å². The molecule has 0 N–H and O–H groups in total. The van der Waals surface area contributed by atoms with Crippen LogP contribution in [0.4, 0.5) is 0 Å². The van der Waals surface area contributed by atoms with Gasteiger partial charge in [0, 0.05) is 50.0 Å².